The first-order valence-corrected chi connectivity index (χ1v) is 9.94. The molecule has 5 heteroatoms. The lowest BCUT2D eigenvalue weighted by atomic mass is 10.1. The van der Waals surface area contributed by atoms with Gasteiger partial charge in [-0.2, -0.15) is 0 Å². The van der Waals surface area contributed by atoms with Crippen LogP contribution in [0.25, 0.3) is 11.0 Å². The first kappa shape index (κ1) is 19.2. The number of imidazole rings is 1. The lowest BCUT2D eigenvalue weighted by Crippen LogP contribution is -2.31. The van der Waals surface area contributed by atoms with Gasteiger partial charge >= 0.3 is 0 Å². The Balaban J connectivity index is 1.62. The summed E-state index contributed by atoms with van der Waals surface area (Å²) >= 11 is 0. The number of rotatable bonds is 2. The fraction of sp³-hybridized carbons (Fsp3) is 0.333. The Kier molecular flexibility index (Phi) is 4.89. The van der Waals surface area contributed by atoms with E-state index in [2.05, 4.69) is 16.8 Å². The molecule has 1 saturated heterocycles. The van der Waals surface area contributed by atoms with Crippen LogP contribution in [0.1, 0.15) is 60.0 Å². The zero-order valence-corrected chi connectivity index (χ0v) is 17.0. The molecule has 2 heterocycles. The van der Waals surface area contributed by atoms with Gasteiger partial charge in [-0.3, -0.25) is 4.79 Å². The summed E-state index contributed by atoms with van der Waals surface area (Å²) in [5, 5.41) is 9.81. The predicted molar refractivity (Wildman–Crippen MR) is 113 cm³/mol. The van der Waals surface area contributed by atoms with Crippen LogP contribution in [0, 0.1) is 18.8 Å². The van der Waals surface area contributed by atoms with Crippen molar-refractivity contribution in [3.63, 3.8) is 0 Å². The number of carbonyl (C=O) groups is 1. The van der Waals surface area contributed by atoms with Crippen LogP contribution in [0.2, 0.25) is 0 Å². The van der Waals surface area contributed by atoms with Crippen LogP contribution in [0.15, 0.2) is 42.5 Å². The van der Waals surface area contributed by atoms with Gasteiger partial charge in [-0.1, -0.05) is 30.0 Å². The number of benzene rings is 2. The zero-order valence-electron chi connectivity index (χ0n) is 17.0. The maximum atomic E-state index is 13.3. The molecule has 1 amide bonds. The molecule has 5 nitrogen and oxygen atoms in total. The summed E-state index contributed by atoms with van der Waals surface area (Å²) in [6.45, 7) is 6.03. The van der Waals surface area contributed by atoms with Crippen LogP contribution < -0.4 is 0 Å². The third-order valence-electron chi connectivity index (χ3n) is 5.18. The number of H-pyrrole nitrogens is 1. The lowest BCUT2D eigenvalue weighted by Gasteiger charge is -2.23. The molecule has 0 aliphatic carbocycles. The Morgan fingerprint density at radius 3 is 2.83 bits per heavy atom. The van der Waals surface area contributed by atoms with Gasteiger partial charge in [0.2, 0.25) is 0 Å². The minimum atomic E-state index is -1.07. The molecule has 1 fully saturated rings. The number of fused-ring (bicyclic) bond motifs is 1. The molecule has 0 saturated carbocycles. The number of aryl methyl sites for hydroxylation is 1. The summed E-state index contributed by atoms with van der Waals surface area (Å²) in [6, 6.07) is 13.3. The highest BCUT2D eigenvalue weighted by molar-refractivity contribution is 5.95. The molecular weight excluding hydrogens is 362 g/mol. The van der Waals surface area contributed by atoms with Crippen molar-refractivity contribution in [2.24, 2.45) is 0 Å². The Hall–Kier alpha value is -3.10. The smallest absolute Gasteiger partial charge is 0.254 e. The summed E-state index contributed by atoms with van der Waals surface area (Å²) < 4.78 is 0. The minimum absolute atomic E-state index is 0.0170. The maximum absolute atomic E-state index is 13.3. The standard InChI is InChI=1S/C24H25N3O2/c1-16-7-4-10-19-21(16)26-22(25-19)20-11-6-14-27(20)23(28)18-9-5-8-17(15-18)12-13-24(2,3)29/h4-5,7-10,15,20,29H,6,11,14H2,1-3H3,(H,25,26). The number of nitrogens with zero attached hydrogens (tertiary/aromatic N) is 2. The highest BCUT2D eigenvalue weighted by Gasteiger charge is 2.32. The molecule has 1 unspecified atom stereocenters. The number of nitrogens with one attached hydrogen (secondary N) is 1. The van der Waals surface area contributed by atoms with Crippen molar-refractivity contribution in [3.8, 4) is 11.8 Å². The van der Waals surface area contributed by atoms with Crippen LogP contribution in [-0.2, 0) is 0 Å². The van der Waals surface area contributed by atoms with Crippen molar-refractivity contribution >= 4 is 16.9 Å². The number of likely N-dealkylation sites (tertiary alicyclic amines) is 1. The number of carbonyl (C=O) groups excluding carboxylic acids is 1. The van der Waals surface area contributed by atoms with Gasteiger partial charge in [0.05, 0.1) is 17.1 Å². The largest absolute Gasteiger partial charge is 0.378 e. The van der Waals surface area contributed by atoms with Crippen LogP contribution in [0.4, 0.5) is 0 Å². The molecular formula is C24H25N3O2. The van der Waals surface area contributed by atoms with E-state index >= 15 is 0 Å². The monoisotopic (exact) mass is 387 g/mol. The topological polar surface area (TPSA) is 69.2 Å². The molecule has 1 aliphatic rings. The molecule has 0 spiro atoms. The van der Waals surface area contributed by atoms with E-state index in [-0.39, 0.29) is 11.9 Å². The second-order valence-corrected chi connectivity index (χ2v) is 8.14. The minimum Gasteiger partial charge on any atom is -0.378 e. The molecule has 1 aliphatic heterocycles. The summed E-state index contributed by atoms with van der Waals surface area (Å²) in [4.78, 5) is 23.4. The van der Waals surface area contributed by atoms with Gasteiger partial charge in [-0.15, -0.1) is 0 Å². The molecule has 29 heavy (non-hydrogen) atoms. The van der Waals surface area contributed by atoms with Gasteiger partial charge in [0, 0.05) is 17.7 Å². The average Bonchev–Trinajstić information content (AvgIpc) is 3.33. The number of para-hydroxylation sites is 1. The van der Waals surface area contributed by atoms with E-state index in [1.165, 1.54) is 0 Å². The Morgan fingerprint density at radius 1 is 1.28 bits per heavy atom. The van der Waals surface area contributed by atoms with Gasteiger partial charge < -0.3 is 15.0 Å². The molecule has 2 aromatic carbocycles. The maximum Gasteiger partial charge on any atom is 0.254 e. The number of hydrogen-bond donors (Lipinski definition) is 2. The SMILES string of the molecule is Cc1cccc2[nH]c(C3CCCN3C(=O)c3cccc(C#CC(C)(C)O)c3)nc12. The third kappa shape index (κ3) is 4.03. The molecule has 2 N–H and O–H groups in total. The summed E-state index contributed by atoms with van der Waals surface area (Å²) in [5.41, 5.74) is 3.34. The van der Waals surface area contributed by atoms with E-state index < -0.39 is 5.60 Å². The van der Waals surface area contributed by atoms with Crippen LogP contribution in [0.5, 0.6) is 0 Å². The molecule has 1 atom stereocenters. The normalized spacial score (nSPS) is 16.7. The molecule has 1 aromatic heterocycles. The predicted octanol–water partition coefficient (Wildman–Crippen LogP) is 3.97. The fourth-order valence-electron chi connectivity index (χ4n) is 3.77. The summed E-state index contributed by atoms with van der Waals surface area (Å²) in [6.07, 6.45) is 1.84. The first-order chi connectivity index (χ1) is 13.8. The van der Waals surface area contributed by atoms with Crippen LogP contribution in [-0.4, -0.2) is 38.0 Å². The van der Waals surface area contributed by atoms with Gasteiger partial charge in [-0.05, 0) is 63.4 Å². The second kappa shape index (κ2) is 7.38. The fourth-order valence-corrected chi connectivity index (χ4v) is 3.77. The van der Waals surface area contributed by atoms with E-state index in [9.17, 15) is 9.90 Å². The second-order valence-electron chi connectivity index (χ2n) is 8.14. The Morgan fingerprint density at radius 2 is 2.07 bits per heavy atom. The molecule has 148 valence electrons. The number of aliphatic hydroxyl groups is 1. The van der Waals surface area contributed by atoms with E-state index in [0.29, 0.717) is 17.7 Å². The van der Waals surface area contributed by atoms with Crippen molar-refractivity contribution < 1.29 is 9.90 Å². The van der Waals surface area contributed by atoms with Crippen molar-refractivity contribution in [2.45, 2.75) is 45.3 Å². The first-order valence-electron chi connectivity index (χ1n) is 9.94. The number of hydrogen-bond acceptors (Lipinski definition) is 3. The average molecular weight is 387 g/mol. The summed E-state index contributed by atoms with van der Waals surface area (Å²) in [7, 11) is 0. The van der Waals surface area contributed by atoms with Crippen molar-refractivity contribution in [3.05, 3.63) is 65.0 Å². The van der Waals surface area contributed by atoms with Crippen molar-refractivity contribution in [1.29, 1.82) is 0 Å². The Bertz CT molecular complexity index is 1130. The quantitative estimate of drug-likeness (QED) is 0.654. The van der Waals surface area contributed by atoms with Crippen LogP contribution >= 0.6 is 0 Å². The van der Waals surface area contributed by atoms with Gasteiger partial charge in [0.25, 0.3) is 5.91 Å². The van der Waals surface area contributed by atoms with Gasteiger partial charge in [-0.25, -0.2) is 4.98 Å². The van der Waals surface area contributed by atoms with E-state index in [1.54, 1.807) is 19.9 Å². The van der Waals surface area contributed by atoms with Crippen molar-refractivity contribution in [1.82, 2.24) is 14.9 Å². The van der Waals surface area contributed by atoms with E-state index in [0.717, 1.165) is 35.3 Å². The molecule has 4 rings (SSSR count). The third-order valence-corrected chi connectivity index (χ3v) is 5.18. The van der Waals surface area contributed by atoms with E-state index in [1.807, 2.05) is 48.2 Å². The Labute approximate surface area is 170 Å². The molecule has 3 aromatic rings. The van der Waals surface area contributed by atoms with Crippen LogP contribution in [0.3, 0.4) is 0 Å². The lowest BCUT2D eigenvalue weighted by molar-refractivity contribution is 0.0730. The molecule has 0 bridgehead atoms. The highest BCUT2D eigenvalue weighted by Crippen LogP contribution is 2.33. The number of amides is 1. The van der Waals surface area contributed by atoms with E-state index in [4.69, 9.17) is 4.98 Å². The molecule has 0 radical (unpaired) electrons. The highest BCUT2D eigenvalue weighted by atomic mass is 16.3. The number of aromatic nitrogens is 2. The van der Waals surface area contributed by atoms with Gasteiger partial charge in [0.15, 0.2) is 0 Å². The van der Waals surface area contributed by atoms with Gasteiger partial charge in [0.1, 0.15) is 11.4 Å². The number of aromatic amines is 1. The summed E-state index contributed by atoms with van der Waals surface area (Å²) in [5.74, 6) is 6.57. The zero-order chi connectivity index (χ0) is 20.6. The van der Waals surface area contributed by atoms with Crippen molar-refractivity contribution in [2.75, 3.05) is 6.54 Å².